The van der Waals surface area contributed by atoms with Gasteiger partial charge in [-0.1, -0.05) is 30.3 Å². The number of hydrogen-bond donors (Lipinski definition) is 2. The summed E-state index contributed by atoms with van der Waals surface area (Å²) in [5.41, 5.74) is 3.31. The van der Waals surface area contributed by atoms with Crippen LogP contribution in [0.4, 0.5) is 17.3 Å². The van der Waals surface area contributed by atoms with Gasteiger partial charge in [0, 0.05) is 30.7 Å². The first-order valence-corrected chi connectivity index (χ1v) is 9.91. The minimum atomic E-state index is -0.265. The molecule has 3 aromatic rings. The molecular weight excluding hydrogens is 362 g/mol. The third-order valence-corrected chi connectivity index (χ3v) is 4.79. The molecule has 6 nitrogen and oxygen atoms in total. The monoisotopic (exact) mass is 389 g/mol. The van der Waals surface area contributed by atoms with Crippen molar-refractivity contribution in [1.29, 1.82) is 0 Å². The number of amides is 1. The number of carbonyl (C=O) groups excluding carboxylic acids is 1. The molecule has 0 spiro atoms. The lowest BCUT2D eigenvalue weighted by Crippen LogP contribution is -2.21. The molecular formula is C23H27N5O. The summed E-state index contributed by atoms with van der Waals surface area (Å²) in [5, 5.41) is 6.14. The highest BCUT2D eigenvalue weighted by Crippen LogP contribution is 2.19. The SMILES string of the molecule is CCN(CC)c1ccc(NC(=O)c2ccnc(NC(C)c3ccccc3)n2)cc1. The van der Waals surface area contributed by atoms with Gasteiger partial charge in [-0.05, 0) is 56.7 Å². The summed E-state index contributed by atoms with van der Waals surface area (Å²) in [5.74, 6) is 0.157. The number of benzene rings is 2. The Labute approximate surface area is 172 Å². The lowest BCUT2D eigenvalue weighted by molar-refractivity contribution is 0.102. The Bertz CT molecular complexity index is 924. The second kappa shape index (κ2) is 9.68. The number of nitrogens with one attached hydrogen (secondary N) is 2. The van der Waals surface area contributed by atoms with Crippen LogP contribution in [0, 0.1) is 0 Å². The van der Waals surface area contributed by atoms with Crippen LogP contribution in [0.3, 0.4) is 0 Å². The first-order valence-electron chi connectivity index (χ1n) is 9.91. The number of aromatic nitrogens is 2. The van der Waals surface area contributed by atoms with Gasteiger partial charge in [-0.2, -0.15) is 0 Å². The average Bonchev–Trinajstić information content (AvgIpc) is 2.76. The maximum atomic E-state index is 12.6. The molecule has 29 heavy (non-hydrogen) atoms. The fourth-order valence-electron chi connectivity index (χ4n) is 3.11. The average molecular weight is 390 g/mol. The van der Waals surface area contributed by atoms with E-state index < -0.39 is 0 Å². The molecule has 1 amide bonds. The molecule has 2 aromatic carbocycles. The molecule has 0 saturated carbocycles. The van der Waals surface area contributed by atoms with Gasteiger partial charge in [-0.15, -0.1) is 0 Å². The van der Waals surface area contributed by atoms with E-state index in [1.807, 2.05) is 61.5 Å². The van der Waals surface area contributed by atoms with Crippen molar-refractivity contribution >= 4 is 23.2 Å². The Kier molecular flexibility index (Phi) is 6.79. The van der Waals surface area contributed by atoms with Gasteiger partial charge in [-0.25, -0.2) is 9.97 Å². The standard InChI is InChI=1S/C23H27N5O/c1-4-28(5-2)20-13-11-19(12-14-20)26-22(29)21-15-16-24-23(27-21)25-17(3)18-9-7-6-8-10-18/h6-17H,4-5H2,1-3H3,(H,26,29)(H,24,25,27). The number of nitrogens with zero attached hydrogens (tertiary/aromatic N) is 3. The molecule has 0 aliphatic carbocycles. The highest BCUT2D eigenvalue weighted by atomic mass is 16.1. The molecule has 0 fully saturated rings. The van der Waals surface area contributed by atoms with Gasteiger partial charge < -0.3 is 15.5 Å². The molecule has 6 heteroatoms. The van der Waals surface area contributed by atoms with Gasteiger partial charge >= 0.3 is 0 Å². The van der Waals surface area contributed by atoms with Gasteiger partial charge in [0.15, 0.2) is 0 Å². The van der Waals surface area contributed by atoms with Crippen LogP contribution in [-0.4, -0.2) is 29.0 Å². The van der Waals surface area contributed by atoms with Crippen LogP contribution < -0.4 is 15.5 Å². The first kappa shape index (κ1) is 20.3. The van der Waals surface area contributed by atoms with Crippen LogP contribution in [0.25, 0.3) is 0 Å². The Morgan fingerprint density at radius 2 is 1.69 bits per heavy atom. The van der Waals surface area contributed by atoms with Crippen molar-refractivity contribution in [2.75, 3.05) is 28.6 Å². The molecule has 2 N–H and O–H groups in total. The van der Waals surface area contributed by atoms with E-state index in [2.05, 4.69) is 39.3 Å². The summed E-state index contributed by atoms with van der Waals surface area (Å²) < 4.78 is 0. The van der Waals surface area contributed by atoms with Crippen molar-refractivity contribution in [3.05, 3.63) is 78.1 Å². The second-order valence-corrected chi connectivity index (χ2v) is 6.72. The van der Waals surface area contributed by atoms with Crippen LogP contribution in [0.2, 0.25) is 0 Å². The fourth-order valence-corrected chi connectivity index (χ4v) is 3.11. The quantitative estimate of drug-likeness (QED) is 0.582. The maximum Gasteiger partial charge on any atom is 0.274 e. The normalized spacial score (nSPS) is 11.6. The van der Waals surface area contributed by atoms with E-state index in [4.69, 9.17) is 0 Å². The molecule has 0 aliphatic heterocycles. The summed E-state index contributed by atoms with van der Waals surface area (Å²) >= 11 is 0. The van der Waals surface area contributed by atoms with E-state index in [0.29, 0.717) is 11.6 Å². The third-order valence-electron chi connectivity index (χ3n) is 4.79. The van der Waals surface area contributed by atoms with E-state index in [1.165, 1.54) is 0 Å². The smallest absolute Gasteiger partial charge is 0.274 e. The molecule has 150 valence electrons. The molecule has 1 unspecified atom stereocenters. The third kappa shape index (κ3) is 5.31. The van der Waals surface area contributed by atoms with Crippen LogP contribution in [-0.2, 0) is 0 Å². The Hall–Kier alpha value is -3.41. The number of hydrogen-bond acceptors (Lipinski definition) is 5. The molecule has 1 heterocycles. The second-order valence-electron chi connectivity index (χ2n) is 6.72. The molecule has 3 rings (SSSR count). The van der Waals surface area contributed by atoms with Gasteiger partial charge in [0.05, 0.1) is 6.04 Å². The number of carbonyl (C=O) groups is 1. The largest absolute Gasteiger partial charge is 0.372 e. The molecule has 0 radical (unpaired) electrons. The van der Waals surface area contributed by atoms with Crippen LogP contribution in [0.15, 0.2) is 66.9 Å². The highest BCUT2D eigenvalue weighted by molar-refractivity contribution is 6.03. The van der Waals surface area contributed by atoms with E-state index in [0.717, 1.165) is 30.0 Å². The van der Waals surface area contributed by atoms with E-state index in [-0.39, 0.29) is 11.9 Å². The van der Waals surface area contributed by atoms with Crippen molar-refractivity contribution in [2.24, 2.45) is 0 Å². The van der Waals surface area contributed by atoms with Crippen molar-refractivity contribution in [3.63, 3.8) is 0 Å². The van der Waals surface area contributed by atoms with Gasteiger partial charge in [0.2, 0.25) is 5.95 Å². The van der Waals surface area contributed by atoms with E-state index in [1.54, 1.807) is 12.3 Å². The summed E-state index contributed by atoms with van der Waals surface area (Å²) in [6.45, 7) is 8.17. The Morgan fingerprint density at radius 3 is 2.34 bits per heavy atom. The molecule has 0 saturated heterocycles. The molecule has 1 aromatic heterocycles. The zero-order chi connectivity index (χ0) is 20.6. The van der Waals surface area contributed by atoms with E-state index >= 15 is 0 Å². The summed E-state index contributed by atoms with van der Waals surface area (Å²) in [6, 6.07) is 19.5. The van der Waals surface area contributed by atoms with E-state index in [9.17, 15) is 4.79 Å². The minimum Gasteiger partial charge on any atom is -0.372 e. The van der Waals surface area contributed by atoms with Crippen molar-refractivity contribution in [3.8, 4) is 0 Å². The van der Waals surface area contributed by atoms with Crippen molar-refractivity contribution in [1.82, 2.24) is 9.97 Å². The topological polar surface area (TPSA) is 70.2 Å². The summed E-state index contributed by atoms with van der Waals surface area (Å²) in [4.78, 5) is 23.5. The van der Waals surface area contributed by atoms with Gasteiger partial charge in [0.25, 0.3) is 5.91 Å². The maximum absolute atomic E-state index is 12.6. The molecule has 0 aliphatic rings. The van der Waals surface area contributed by atoms with Gasteiger partial charge in [0.1, 0.15) is 5.69 Å². The predicted octanol–water partition coefficient (Wildman–Crippen LogP) is 4.75. The zero-order valence-corrected chi connectivity index (χ0v) is 17.1. The van der Waals surface area contributed by atoms with Gasteiger partial charge in [-0.3, -0.25) is 4.79 Å². The number of rotatable bonds is 8. The van der Waals surface area contributed by atoms with Crippen LogP contribution in [0.5, 0.6) is 0 Å². The minimum absolute atomic E-state index is 0.0298. The summed E-state index contributed by atoms with van der Waals surface area (Å²) in [6.07, 6.45) is 1.59. The highest BCUT2D eigenvalue weighted by Gasteiger charge is 2.12. The lowest BCUT2D eigenvalue weighted by atomic mass is 10.1. The first-order chi connectivity index (χ1) is 14.1. The summed E-state index contributed by atoms with van der Waals surface area (Å²) in [7, 11) is 0. The predicted molar refractivity (Wildman–Crippen MR) is 118 cm³/mol. The lowest BCUT2D eigenvalue weighted by Gasteiger charge is -2.21. The van der Waals surface area contributed by atoms with Crippen LogP contribution in [0.1, 0.15) is 42.9 Å². The number of anilines is 3. The molecule has 0 bridgehead atoms. The fraction of sp³-hybridized carbons (Fsp3) is 0.261. The van der Waals surface area contributed by atoms with Crippen molar-refractivity contribution < 1.29 is 4.79 Å². The Balaban J connectivity index is 1.66. The van der Waals surface area contributed by atoms with Crippen molar-refractivity contribution in [2.45, 2.75) is 26.8 Å². The van der Waals surface area contributed by atoms with Crippen LogP contribution >= 0.6 is 0 Å². The Morgan fingerprint density at radius 1 is 1.00 bits per heavy atom. The zero-order valence-electron chi connectivity index (χ0n) is 17.1. The molecule has 1 atom stereocenters.